The topological polar surface area (TPSA) is 170 Å². The Balaban J connectivity index is 1.32. The largest absolute Gasteiger partial charge is 0.393 e. The van der Waals surface area contributed by atoms with Crippen LogP contribution in [-0.2, 0) is 24.1 Å². The summed E-state index contributed by atoms with van der Waals surface area (Å²) >= 11 is 0. The van der Waals surface area contributed by atoms with Crippen LogP contribution in [-0.4, -0.2) is 61.0 Å². The number of halogens is 1. The Kier molecular flexibility index (Phi) is 10.7. The van der Waals surface area contributed by atoms with E-state index in [0.29, 0.717) is 43.4 Å². The average molecular weight is 643 g/mol. The fourth-order valence-electron chi connectivity index (χ4n) is 6.00. The van der Waals surface area contributed by atoms with Gasteiger partial charge in [-0.15, -0.1) is 0 Å². The molecule has 1 aliphatic heterocycles. The molecule has 2 amide bonds. The summed E-state index contributed by atoms with van der Waals surface area (Å²) in [5.74, 6) is -1.48. The lowest BCUT2D eigenvalue weighted by molar-refractivity contribution is -0.131. The highest BCUT2D eigenvalue weighted by atomic mass is 19.1. The maximum Gasteiger partial charge on any atom is 0.269 e. The summed E-state index contributed by atoms with van der Waals surface area (Å²) in [4.78, 5) is 35.4. The van der Waals surface area contributed by atoms with Crippen molar-refractivity contribution in [2.75, 3.05) is 18.1 Å². The number of primary amides is 1. The van der Waals surface area contributed by atoms with E-state index >= 15 is 0 Å². The smallest absolute Gasteiger partial charge is 0.269 e. The van der Waals surface area contributed by atoms with Crippen LogP contribution in [0.1, 0.15) is 69.8 Å². The van der Waals surface area contributed by atoms with Crippen LogP contribution in [0.5, 0.6) is 0 Å². The molecular weight excluding hydrogens is 603 g/mol. The molecule has 5 rings (SSSR count). The van der Waals surface area contributed by atoms with Crippen molar-refractivity contribution >= 4 is 17.5 Å². The molecule has 246 valence electrons. The number of nitrogens with zero attached hydrogens (tertiary/aromatic N) is 3. The molecule has 47 heavy (non-hydrogen) atoms. The second-order valence-corrected chi connectivity index (χ2v) is 12.1. The van der Waals surface area contributed by atoms with Gasteiger partial charge in [-0.1, -0.05) is 48.5 Å². The Bertz CT molecular complexity index is 1660. The van der Waals surface area contributed by atoms with Gasteiger partial charge in [-0.25, -0.2) is 9.37 Å². The zero-order valence-corrected chi connectivity index (χ0v) is 25.9. The molecule has 0 unspecified atom stereocenters. The first-order valence-electron chi connectivity index (χ1n) is 15.6. The van der Waals surface area contributed by atoms with E-state index < -0.39 is 36.7 Å². The van der Waals surface area contributed by atoms with Crippen LogP contribution >= 0.6 is 0 Å². The number of β-lactam (4-membered cyclic amide) rings is 1. The van der Waals surface area contributed by atoms with Gasteiger partial charge in [0.1, 0.15) is 17.1 Å². The number of carbonyl (C=O) groups excluding carboxylic acids is 2. The molecule has 2 heterocycles. The molecule has 1 fully saturated rings. The minimum absolute atomic E-state index is 0.0697. The maximum absolute atomic E-state index is 13.6. The van der Waals surface area contributed by atoms with Gasteiger partial charge < -0.3 is 31.1 Å². The normalized spacial score (nSPS) is 17.0. The van der Waals surface area contributed by atoms with E-state index in [-0.39, 0.29) is 29.9 Å². The van der Waals surface area contributed by atoms with Crippen LogP contribution < -0.4 is 10.6 Å². The molecule has 1 saturated heterocycles. The number of aryl methyl sites for hydroxylation is 3. The highest BCUT2D eigenvalue weighted by Crippen LogP contribution is 2.46. The molecule has 3 aromatic carbocycles. The molecule has 0 aliphatic carbocycles. The summed E-state index contributed by atoms with van der Waals surface area (Å²) < 4.78 is 13.4. The standard InChI is InChI=1S/C36H39FN4O6/c37-27-10-8-25(9-11-27)31(44)16-14-29-33(26-6-1-24(2-7-26)17-18-36(47,21-42)22-43)41(35(29)46)28-12-3-23(4-13-28)5-15-30-32(34(38)45)40-20-19-39-30/h1-4,6-13,19-20,29,31,33,42-44,47H,5,14-18,21-22H2,(H2,38,45)/t29-,31+,33-/m1/s1. The summed E-state index contributed by atoms with van der Waals surface area (Å²) in [5.41, 5.74) is 8.64. The van der Waals surface area contributed by atoms with Crippen molar-refractivity contribution in [2.24, 2.45) is 11.7 Å². The third-order valence-electron chi connectivity index (χ3n) is 8.88. The molecule has 3 atom stereocenters. The fraction of sp³-hybridized carbons (Fsp3) is 0.333. The van der Waals surface area contributed by atoms with E-state index in [1.54, 1.807) is 17.0 Å². The van der Waals surface area contributed by atoms with Crippen molar-refractivity contribution in [1.82, 2.24) is 9.97 Å². The number of nitrogens with two attached hydrogens (primary N) is 1. The van der Waals surface area contributed by atoms with Crippen LogP contribution in [0, 0.1) is 11.7 Å². The van der Waals surface area contributed by atoms with Crippen molar-refractivity contribution < 1.29 is 34.4 Å². The van der Waals surface area contributed by atoms with Gasteiger partial charge in [0.15, 0.2) is 0 Å². The fourth-order valence-corrected chi connectivity index (χ4v) is 6.00. The van der Waals surface area contributed by atoms with Gasteiger partial charge in [-0.3, -0.25) is 14.6 Å². The third kappa shape index (κ3) is 7.88. The molecule has 0 radical (unpaired) electrons. The molecule has 1 aromatic heterocycles. The van der Waals surface area contributed by atoms with E-state index in [2.05, 4.69) is 9.97 Å². The van der Waals surface area contributed by atoms with Crippen molar-refractivity contribution in [3.63, 3.8) is 0 Å². The Morgan fingerprint density at radius 1 is 0.894 bits per heavy atom. The molecule has 10 nitrogen and oxygen atoms in total. The van der Waals surface area contributed by atoms with Gasteiger partial charge >= 0.3 is 0 Å². The molecule has 0 spiro atoms. The highest BCUT2D eigenvalue weighted by Gasteiger charge is 2.48. The summed E-state index contributed by atoms with van der Waals surface area (Å²) in [7, 11) is 0. The molecule has 1 aliphatic rings. The number of aliphatic hydroxyl groups excluding tert-OH is 3. The lowest BCUT2D eigenvalue weighted by atomic mass is 9.78. The van der Waals surface area contributed by atoms with Crippen LogP contribution in [0.2, 0.25) is 0 Å². The minimum Gasteiger partial charge on any atom is -0.393 e. The molecule has 6 N–H and O–H groups in total. The van der Waals surface area contributed by atoms with E-state index in [9.17, 15) is 34.4 Å². The zero-order chi connectivity index (χ0) is 33.6. The lowest BCUT2D eigenvalue weighted by Crippen LogP contribution is -2.55. The van der Waals surface area contributed by atoms with Crippen LogP contribution in [0.3, 0.4) is 0 Å². The number of amides is 2. The van der Waals surface area contributed by atoms with Crippen molar-refractivity contribution in [3.05, 3.63) is 125 Å². The monoisotopic (exact) mass is 642 g/mol. The Hall–Kier alpha value is -4.55. The SMILES string of the molecule is NC(=O)c1nccnc1CCc1ccc(N2C(=O)[C@H](CC[C@H](O)c3ccc(F)cc3)[C@H]2c2ccc(CCC(O)(CO)CO)cc2)cc1. The molecule has 0 saturated carbocycles. The van der Waals surface area contributed by atoms with Gasteiger partial charge in [0.25, 0.3) is 5.91 Å². The molecular formula is C36H39FN4O6. The number of aliphatic hydroxyl groups is 4. The molecule has 4 aromatic rings. The summed E-state index contributed by atoms with van der Waals surface area (Å²) in [6.45, 7) is -1.08. The van der Waals surface area contributed by atoms with Crippen LogP contribution in [0.4, 0.5) is 10.1 Å². The Labute approximate surface area is 272 Å². The lowest BCUT2D eigenvalue weighted by Gasteiger charge is -2.48. The first-order valence-corrected chi connectivity index (χ1v) is 15.6. The Morgan fingerprint density at radius 3 is 2.15 bits per heavy atom. The Morgan fingerprint density at radius 2 is 1.51 bits per heavy atom. The van der Waals surface area contributed by atoms with Gasteiger partial charge in [-0.2, -0.15) is 0 Å². The number of hydrogen-bond acceptors (Lipinski definition) is 8. The summed E-state index contributed by atoms with van der Waals surface area (Å²) in [6, 6.07) is 20.7. The molecule has 11 heteroatoms. The summed E-state index contributed by atoms with van der Waals surface area (Å²) in [6.07, 6.45) is 4.52. The van der Waals surface area contributed by atoms with E-state index in [1.807, 2.05) is 48.5 Å². The van der Waals surface area contributed by atoms with Gasteiger partial charge in [0, 0.05) is 18.1 Å². The molecule has 0 bridgehead atoms. The number of aromatic nitrogens is 2. The quantitative estimate of drug-likeness (QED) is 0.123. The van der Waals surface area contributed by atoms with E-state index in [1.165, 1.54) is 24.5 Å². The zero-order valence-electron chi connectivity index (χ0n) is 25.9. The maximum atomic E-state index is 13.6. The predicted octanol–water partition coefficient (Wildman–Crippen LogP) is 3.37. The van der Waals surface area contributed by atoms with Crippen molar-refractivity contribution in [2.45, 2.75) is 56.3 Å². The number of anilines is 1. The first-order chi connectivity index (χ1) is 22.6. The van der Waals surface area contributed by atoms with E-state index in [0.717, 1.165) is 22.4 Å². The minimum atomic E-state index is -1.56. The second kappa shape index (κ2) is 14.9. The van der Waals surface area contributed by atoms with Crippen molar-refractivity contribution in [1.29, 1.82) is 0 Å². The number of rotatable bonds is 15. The van der Waals surface area contributed by atoms with Gasteiger partial charge in [0.05, 0.1) is 37.0 Å². The van der Waals surface area contributed by atoms with Gasteiger partial charge in [0.2, 0.25) is 5.91 Å². The predicted molar refractivity (Wildman–Crippen MR) is 173 cm³/mol. The van der Waals surface area contributed by atoms with Gasteiger partial charge in [-0.05, 0) is 85.0 Å². The van der Waals surface area contributed by atoms with Crippen LogP contribution in [0.25, 0.3) is 0 Å². The summed E-state index contributed by atoms with van der Waals surface area (Å²) in [5, 5.41) is 39.8. The number of hydrogen-bond donors (Lipinski definition) is 5. The number of carbonyl (C=O) groups is 2. The van der Waals surface area contributed by atoms with Crippen LogP contribution in [0.15, 0.2) is 85.2 Å². The number of benzene rings is 3. The second-order valence-electron chi connectivity index (χ2n) is 12.1. The third-order valence-corrected chi connectivity index (χ3v) is 8.88. The van der Waals surface area contributed by atoms with E-state index in [4.69, 9.17) is 5.73 Å². The first kappa shape index (κ1) is 33.8. The highest BCUT2D eigenvalue weighted by molar-refractivity contribution is 6.03. The van der Waals surface area contributed by atoms with Crippen molar-refractivity contribution in [3.8, 4) is 0 Å². The average Bonchev–Trinajstić information content (AvgIpc) is 3.09.